The molecule has 1 amide bonds. The minimum Gasteiger partial charge on any atom is -0.494 e. The van der Waals surface area contributed by atoms with Gasteiger partial charge in [-0.3, -0.25) is 4.79 Å². The maximum absolute atomic E-state index is 12.5. The van der Waals surface area contributed by atoms with Crippen molar-refractivity contribution in [3.05, 3.63) is 29.3 Å². The van der Waals surface area contributed by atoms with Crippen LogP contribution in [-0.2, 0) is 11.2 Å². The summed E-state index contributed by atoms with van der Waals surface area (Å²) in [5.41, 5.74) is 3.35. The van der Waals surface area contributed by atoms with Crippen molar-refractivity contribution in [2.75, 3.05) is 27.2 Å². The van der Waals surface area contributed by atoms with Gasteiger partial charge in [0.15, 0.2) is 0 Å². The number of ether oxygens (including phenoxy) is 1. The van der Waals surface area contributed by atoms with Gasteiger partial charge in [0.25, 0.3) is 0 Å². The molecule has 3 aliphatic rings. The van der Waals surface area contributed by atoms with E-state index >= 15 is 0 Å². The predicted molar refractivity (Wildman–Crippen MR) is 113 cm³/mol. The molecule has 0 radical (unpaired) electrons. The number of amides is 1. The van der Waals surface area contributed by atoms with Gasteiger partial charge in [0.05, 0.1) is 13.2 Å². The lowest BCUT2D eigenvalue weighted by molar-refractivity contribution is -0.134. The Morgan fingerprint density at radius 2 is 2.11 bits per heavy atom. The van der Waals surface area contributed by atoms with Crippen LogP contribution in [0, 0.1) is 17.3 Å². The third-order valence-electron chi connectivity index (χ3n) is 8.15. The van der Waals surface area contributed by atoms with Crippen LogP contribution in [0.5, 0.6) is 5.75 Å². The summed E-state index contributed by atoms with van der Waals surface area (Å²) in [6, 6.07) is 7.18. The van der Waals surface area contributed by atoms with Crippen molar-refractivity contribution < 1.29 is 9.53 Å². The first-order valence-electron chi connectivity index (χ1n) is 11.2. The van der Waals surface area contributed by atoms with Gasteiger partial charge in [-0.05, 0) is 98.9 Å². The number of hydrogen-bond acceptors (Lipinski definition) is 3. The van der Waals surface area contributed by atoms with Crippen molar-refractivity contribution in [3.8, 4) is 5.75 Å². The number of rotatable bonds is 5. The minimum atomic E-state index is 0.231. The Bertz CT molecular complexity index is 733. The molecule has 0 aromatic heterocycles. The van der Waals surface area contributed by atoms with E-state index in [1.54, 1.807) is 5.56 Å². The molecule has 0 spiro atoms. The molecule has 5 atom stereocenters. The van der Waals surface area contributed by atoms with E-state index in [1.807, 2.05) is 21.0 Å². The van der Waals surface area contributed by atoms with Crippen LogP contribution in [0.15, 0.2) is 18.2 Å². The van der Waals surface area contributed by atoms with Crippen molar-refractivity contribution >= 4 is 5.91 Å². The third kappa shape index (κ3) is 3.14. The average molecular weight is 385 g/mol. The van der Waals surface area contributed by atoms with Crippen LogP contribution in [0.4, 0.5) is 0 Å². The summed E-state index contributed by atoms with van der Waals surface area (Å²) >= 11 is 0. The molecule has 154 valence electrons. The van der Waals surface area contributed by atoms with Gasteiger partial charge >= 0.3 is 0 Å². The molecule has 4 heteroatoms. The highest BCUT2D eigenvalue weighted by Crippen LogP contribution is 2.61. The molecule has 28 heavy (non-hydrogen) atoms. The summed E-state index contributed by atoms with van der Waals surface area (Å²) in [7, 11) is 3.88. The zero-order valence-electron chi connectivity index (χ0n) is 18.0. The molecule has 1 aromatic rings. The Balaban J connectivity index is 1.56. The van der Waals surface area contributed by atoms with Gasteiger partial charge in [-0.25, -0.2) is 0 Å². The fourth-order valence-electron chi connectivity index (χ4n) is 6.87. The van der Waals surface area contributed by atoms with Gasteiger partial charge in [0.2, 0.25) is 5.91 Å². The fourth-order valence-corrected chi connectivity index (χ4v) is 6.87. The largest absolute Gasteiger partial charge is 0.494 e. The summed E-state index contributed by atoms with van der Waals surface area (Å²) < 4.78 is 5.73. The maximum Gasteiger partial charge on any atom is 0.236 e. The van der Waals surface area contributed by atoms with Crippen molar-refractivity contribution in [3.63, 3.8) is 0 Å². The van der Waals surface area contributed by atoms with Crippen LogP contribution in [0.2, 0.25) is 0 Å². The van der Waals surface area contributed by atoms with E-state index < -0.39 is 0 Å². The maximum atomic E-state index is 12.5. The first-order valence-corrected chi connectivity index (χ1v) is 11.2. The monoisotopic (exact) mass is 384 g/mol. The number of likely N-dealkylation sites (N-methyl/N-ethyl adjacent to an activating group) is 2. The number of fused-ring (bicyclic) bond motifs is 5. The van der Waals surface area contributed by atoms with Gasteiger partial charge < -0.3 is 15.0 Å². The normalized spacial score (nSPS) is 33.6. The van der Waals surface area contributed by atoms with Gasteiger partial charge in [0, 0.05) is 13.1 Å². The Hall–Kier alpha value is -1.55. The molecule has 2 saturated carbocycles. The van der Waals surface area contributed by atoms with Crippen LogP contribution >= 0.6 is 0 Å². The molecule has 4 nitrogen and oxygen atoms in total. The highest BCUT2D eigenvalue weighted by molar-refractivity contribution is 5.78. The zero-order chi connectivity index (χ0) is 19.9. The second-order valence-corrected chi connectivity index (χ2v) is 9.38. The van der Waals surface area contributed by atoms with Gasteiger partial charge in [-0.1, -0.05) is 13.0 Å². The Labute approximate surface area is 170 Å². The molecule has 0 bridgehead atoms. The molecule has 1 aromatic carbocycles. The van der Waals surface area contributed by atoms with E-state index in [9.17, 15) is 4.79 Å². The first kappa shape index (κ1) is 19.8. The number of nitrogens with zero attached hydrogens (tertiary/aromatic N) is 1. The number of nitrogens with one attached hydrogen (secondary N) is 1. The molecular weight excluding hydrogens is 348 g/mol. The van der Waals surface area contributed by atoms with Crippen LogP contribution in [0.1, 0.15) is 63.0 Å². The number of carbonyl (C=O) groups is 1. The van der Waals surface area contributed by atoms with Crippen LogP contribution < -0.4 is 10.1 Å². The molecule has 0 saturated heterocycles. The fraction of sp³-hybridized carbons (Fsp3) is 0.708. The summed E-state index contributed by atoms with van der Waals surface area (Å²) in [6.45, 7) is 5.69. The second kappa shape index (κ2) is 7.70. The Kier molecular flexibility index (Phi) is 5.43. The molecule has 5 unspecified atom stereocenters. The quantitative estimate of drug-likeness (QED) is 0.835. The molecule has 0 aliphatic heterocycles. The molecule has 3 aliphatic carbocycles. The summed E-state index contributed by atoms with van der Waals surface area (Å²) in [4.78, 5) is 14.6. The van der Waals surface area contributed by atoms with E-state index in [-0.39, 0.29) is 11.3 Å². The number of hydrogen-bond donors (Lipinski definition) is 1. The van der Waals surface area contributed by atoms with Crippen LogP contribution in [-0.4, -0.2) is 44.1 Å². The lowest BCUT2D eigenvalue weighted by Crippen LogP contribution is -2.51. The van der Waals surface area contributed by atoms with E-state index in [1.165, 1.54) is 37.7 Å². The molecule has 1 N–H and O–H groups in total. The zero-order valence-corrected chi connectivity index (χ0v) is 18.0. The molecule has 4 rings (SSSR count). The standard InChI is InChI=1S/C24H36N2O2/c1-5-28-17-7-9-18-16(14-17)6-8-20-19(18)12-13-24(2)21(20)10-11-22(24)26(4)23(27)15-25-3/h7,9,14,19-22,25H,5-6,8,10-13,15H2,1-4H3. The van der Waals surface area contributed by atoms with Crippen molar-refractivity contribution in [1.82, 2.24) is 10.2 Å². The average Bonchev–Trinajstić information content (AvgIpc) is 3.04. The topological polar surface area (TPSA) is 41.6 Å². The number of benzene rings is 1. The van der Waals surface area contributed by atoms with E-state index in [2.05, 4.69) is 35.3 Å². The number of aryl methyl sites for hydroxylation is 1. The van der Waals surface area contributed by atoms with Crippen molar-refractivity contribution in [2.45, 2.75) is 64.3 Å². The highest BCUT2D eigenvalue weighted by atomic mass is 16.5. The second-order valence-electron chi connectivity index (χ2n) is 9.38. The van der Waals surface area contributed by atoms with Crippen molar-refractivity contribution in [2.24, 2.45) is 17.3 Å². The SMILES string of the molecule is CCOc1ccc2c(c1)CCC1C2CCC2(C)C1CCC2N(C)C(=O)CNC. The van der Waals surface area contributed by atoms with Gasteiger partial charge in [-0.15, -0.1) is 0 Å². The van der Waals surface area contributed by atoms with E-state index in [4.69, 9.17) is 4.74 Å². The van der Waals surface area contributed by atoms with Crippen LogP contribution in [0.25, 0.3) is 0 Å². The lowest BCUT2D eigenvalue weighted by Gasteiger charge is -2.52. The Morgan fingerprint density at radius 1 is 1.29 bits per heavy atom. The summed E-state index contributed by atoms with van der Waals surface area (Å²) in [5.74, 6) is 3.44. The smallest absolute Gasteiger partial charge is 0.236 e. The van der Waals surface area contributed by atoms with Crippen LogP contribution in [0.3, 0.4) is 0 Å². The highest BCUT2D eigenvalue weighted by Gasteiger charge is 2.56. The molecule has 0 heterocycles. The molecular formula is C24H36N2O2. The van der Waals surface area contributed by atoms with E-state index in [0.29, 0.717) is 18.5 Å². The minimum absolute atomic E-state index is 0.231. The first-order chi connectivity index (χ1) is 13.5. The van der Waals surface area contributed by atoms with E-state index in [0.717, 1.165) is 30.6 Å². The summed E-state index contributed by atoms with van der Waals surface area (Å²) in [5, 5.41) is 3.02. The lowest BCUT2D eigenvalue weighted by atomic mass is 9.55. The molecule has 2 fully saturated rings. The van der Waals surface area contributed by atoms with Gasteiger partial charge in [-0.2, -0.15) is 0 Å². The predicted octanol–water partition coefficient (Wildman–Crippen LogP) is 3.99. The third-order valence-corrected chi connectivity index (χ3v) is 8.15. The summed E-state index contributed by atoms with van der Waals surface area (Å²) in [6.07, 6.45) is 7.37. The van der Waals surface area contributed by atoms with Crippen molar-refractivity contribution in [1.29, 1.82) is 0 Å². The Morgan fingerprint density at radius 3 is 2.86 bits per heavy atom. The van der Waals surface area contributed by atoms with Gasteiger partial charge in [0.1, 0.15) is 5.75 Å². The number of carbonyl (C=O) groups excluding carboxylic acids is 1.